The van der Waals surface area contributed by atoms with Crippen LogP contribution in [0.15, 0.2) is 0 Å². The zero-order valence-electron chi connectivity index (χ0n) is 11.9. The zero-order chi connectivity index (χ0) is 12.6. The Morgan fingerprint density at radius 1 is 1.31 bits per heavy atom. The molecule has 0 aromatic carbocycles. The molecular formula is C13H29N3. The summed E-state index contributed by atoms with van der Waals surface area (Å²) < 4.78 is 0. The van der Waals surface area contributed by atoms with Gasteiger partial charge in [0.1, 0.15) is 0 Å². The molecule has 0 bridgehead atoms. The SMILES string of the molecule is CN1CC(CCN)N(C(C)(C)C)C(C)(C)C1. The maximum Gasteiger partial charge on any atom is 0.0288 e. The quantitative estimate of drug-likeness (QED) is 0.776. The fourth-order valence-electron chi connectivity index (χ4n) is 3.61. The van der Waals surface area contributed by atoms with Gasteiger partial charge >= 0.3 is 0 Å². The van der Waals surface area contributed by atoms with Gasteiger partial charge in [-0.25, -0.2) is 0 Å². The van der Waals surface area contributed by atoms with Crippen molar-refractivity contribution in [2.75, 3.05) is 26.7 Å². The molecule has 1 rings (SSSR count). The summed E-state index contributed by atoms with van der Waals surface area (Å²) in [4.78, 5) is 5.09. The molecular weight excluding hydrogens is 198 g/mol. The fraction of sp³-hybridized carbons (Fsp3) is 1.00. The third kappa shape index (κ3) is 2.96. The summed E-state index contributed by atoms with van der Waals surface area (Å²) in [6, 6.07) is 0.582. The molecule has 3 nitrogen and oxygen atoms in total. The van der Waals surface area contributed by atoms with Gasteiger partial charge in [-0.1, -0.05) is 0 Å². The molecule has 0 spiro atoms. The molecule has 1 atom stereocenters. The van der Waals surface area contributed by atoms with Crippen molar-refractivity contribution < 1.29 is 0 Å². The van der Waals surface area contributed by atoms with E-state index in [9.17, 15) is 0 Å². The Morgan fingerprint density at radius 2 is 1.88 bits per heavy atom. The molecule has 1 aliphatic heterocycles. The van der Waals surface area contributed by atoms with Crippen molar-refractivity contribution >= 4 is 0 Å². The van der Waals surface area contributed by atoms with Crippen LogP contribution in [0.1, 0.15) is 41.0 Å². The molecule has 3 heteroatoms. The predicted octanol–water partition coefficient (Wildman–Crippen LogP) is 1.53. The monoisotopic (exact) mass is 227 g/mol. The first-order valence-electron chi connectivity index (χ1n) is 6.36. The van der Waals surface area contributed by atoms with E-state index in [1.807, 2.05) is 0 Å². The lowest BCUT2D eigenvalue weighted by Gasteiger charge is -2.57. The Morgan fingerprint density at radius 3 is 2.31 bits per heavy atom. The van der Waals surface area contributed by atoms with Crippen molar-refractivity contribution in [1.29, 1.82) is 0 Å². The third-order valence-corrected chi connectivity index (χ3v) is 3.42. The fourth-order valence-corrected chi connectivity index (χ4v) is 3.61. The van der Waals surface area contributed by atoms with Crippen LogP contribution in [-0.4, -0.2) is 53.6 Å². The van der Waals surface area contributed by atoms with E-state index in [0.29, 0.717) is 6.04 Å². The average Bonchev–Trinajstić information content (AvgIpc) is 1.96. The van der Waals surface area contributed by atoms with Gasteiger partial charge in [-0.3, -0.25) is 4.90 Å². The van der Waals surface area contributed by atoms with Crippen LogP contribution in [0.2, 0.25) is 0 Å². The van der Waals surface area contributed by atoms with Crippen LogP contribution < -0.4 is 5.73 Å². The van der Waals surface area contributed by atoms with E-state index in [2.05, 4.69) is 51.5 Å². The molecule has 0 aliphatic carbocycles. The third-order valence-electron chi connectivity index (χ3n) is 3.42. The Bertz CT molecular complexity index is 230. The van der Waals surface area contributed by atoms with Crippen molar-refractivity contribution in [2.45, 2.75) is 58.2 Å². The van der Waals surface area contributed by atoms with Gasteiger partial charge in [-0.05, 0) is 54.6 Å². The summed E-state index contributed by atoms with van der Waals surface area (Å²) in [5.41, 5.74) is 6.19. The number of hydrogen-bond acceptors (Lipinski definition) is 3. The zero-order valence-corrected chi connectivity index (χ0v) is 11.9. The molecule has 0 aromatic heterocycles. The number of rotatable bonds is 2. The lowest BCUT2D eigenvalue weighted by molar-refractivity contribution is -0.0747. The van der Waals surface area contributed by atoms with E-state index in [-0.39, 0.29) is 11.1 Å². The maximum absolute atomic E-state index is 5.75. The lowest BCUT2D eigenvalue weighted by atomic mass is 9.87. The molecule has 1 unspecified atom stereocenters. The summed E-state index contributed by atoms with van der Waals surface area (Å²) in [5.74, 6) is 0. The highest BCUT2D eigenvalue weighted by Gasteiger charge is 2.43. The van der Waals surface area contributed by atoms with Crippen LogP contribution in [-0.2, 0) is 0 Å². The van der Waals surface area contributed by atoms with Gasteiger partial charge in [-0.2, -0.15) is 0 Å². The second-order valence-electron chi connectivity index (χ2n) is 6.78. The van der Waals surface area contributed by atoms with E-state index < -0.39 is 0 Å². The molecule has 2 N–H and O–H groups in total. The van der Waals surface area contributed by atoms with Crippen LogP contribution in [0.4, 0.5) is 0 Å². The van der Waals surface area contributed by atoms with Crippen LogP contribution in [0.25, 0.3) is 0 Å². The summed E-state index contributed by atoms with van der Waals surface area (Å²) in [6.45, 7) is 14.7. The van der Waals surface area contributed by atoms with Gasteiger partial charge in [0, 0.05) is 30.2 Å². The molecule has 1 fully saturated rings. The van der Waals surface area contributed by atoms with Gasteiger partial charge in [0.05, 0.1) is 0 Å². The van der Waals surface area contributed by atoms with Crippen molar-refractivity contribution in [2.24, 2.45) is 5.73 Å². The Hall–Kier alpha value is -0.120. The topological polar surface area (TPSA) is 32.5 Å². The van der Waals surface area contributed by atoms with Crippen molar-refractivity contribution in [3.05, 3.63) is 0 Å². The first-order chi connectivity index (χ1) is 7.18. The minimum absolute atomic E-state index is 0.213. The van der Waals surface area contributed by atoms with Gasteiger partial charge in [0.2, 0.25) is 0 Å². The second kappa shape index (κ2) is 4.63. The van der Waals surface area contributed by atoms with Crippen LogP contribution in [0.5, 0.6) is 0 Å². The van der Waals surface area contributed by atoms with Crippen molar-refractivity contribution in [3.8, 4) is 0 Å². The molecule has 0 amide bonds. The highest BCUT2D eigenvalue weighted by atomic mass is 15.4. The van der Waals surface area contributed by atoms with E-state index in [4.69, 9.17) is 5.73 Å². The number of hydrogen-bond donors (Lipinski definition) is 1. The average molecular weight is 227 g/mol. The largest absolute Gasteiger partial charge is 0.330 e. The molecule has 16 heavy (non-hydrogen) atoms. The highest BCUT2D eigenvalue weighted by molar-refractivity contribution is 5.00. The minimum Gasteiger partial charge on any atom is -0.330 e. The normalized spacial score (nSPS) is 28.3. The van der Waals surface area contributed by atoms with Crippen LogP contribution in [0.3, 0.4) is 0 Å². The van der Waals surface area contributed by atoms with E-state index in [0.717, 1.165) is 26.1 Å². The molecule has 0 radical (unpaired) electrons. The maximum atomic E-state index is 5.75. The number of nitrogens with two attached hydrogens (primary N) is 1. The molecule has 96 valence electrons. The molecule has 0 aromatic rings. The van der Waals surface area contributed by atoms with E-state index in [1.54, 1.807) is 0 Å². The Labute approximate surface area is 101 Å². The number of nitrogens with zero attached hydrogens (tertiary/aromatic N) is 2. The molecule has 1 aliphatic rings. The van der Waals surface area contributed by atoms with Crippen molar-refractivity contribution in [3.63, 3.8) is 0 Å². The first-order valence-corrected chi connectivity index (χ1v) is 6.36. The Kier molecular flexibility index (Phi) is 4.04. The summed E-state index contributed by atoms with van der Waals surface area (Å²) >= 11 is 0. The molecule has 1 saturated heterocycles. The summed E-state index contributed by atoms with van der Waals surface area (Å²) in [6.07, 6.45) is 1.09. The van der Waals surface area contributed by atoms with Crippen LogP contribution in [0, 0.1) is 0 Å². The lowest BCUT2D eigenvalue weighted by Crippen LogP contribution is -2.68. The second-order valence-corrected chi connectivity index (χ2v) is 6.78. The smallest absolute Gasteiger partial charge is 0.0288 e. The van der Waals surface area contributed by atoms with Gasteiger partial charge in [0.25, 0.3) is 0 Å². The molecule has 0 saturated carbocycles. The van der Waals surface area contributed by atoms with Gasteiger partial charge < -0.3 is 10.6 Å². The minimum atomic E-state index is 0.213. The predicted molar refractivity (Wildman–Crippen MR) is 70.6 cm³/mol. The number of piperazine rings is 1. The van der Waals surface area contributed by atoms with Gasteiger partial charge in [-0.15, -0.1) is 0 Å². The van der Waals surface area contributed by atoms with E-state index >= 15 is 0 Å². The number of likely N-dealkylation sites (N-methyl/N-ethyl adjacent to an activating group) is 1. The van der Waals surface area contributed by atoms with E-state index in [1.165, 1.54) is 0 Å². The van der Waals surface area contributed by atoms with Crippen LogP contribution >= 0.6 is 0 Å². The van der Waals surface area contributed by atoms with Gasteiger partial charge in [0.15, 0.2) is 0 Å². The molecule has 1 heterocycles. The summed E-state index contributed by atoms with van der Waals surface area (Å²) in [5, 5.41) is 0. The first kappa shape index (κ1) is 13.9. The summed E-state index contributed by atoms with van der Waals surface area (Å²) in [7, 11) is 2.21. The standard InChI is InChI=1S/C13H29N3/c1-12(2,3)16-11(7-8-14)9-15(6)10-13(16,4)5/h11H,7-10,14H2,1-6H3. The highest BCUT2D eigenvalue weighted by Crippen LogP contribution is 2.33. The van der Waals surface area contributed by atoms with Crippen molar-refractivity contribution in [1.82, 2.24) is 9.80 Å². The Balaban J connectivity index is 2.94.